The molecule has 1 heterocycles. The van der Waals surface area contributed by atoms with Gasteiger partial charge < -0.3 is 10.0 Å². The van der Waals surface area contributed by atoms with Gasteiger partial charge in [0.2, 0.25) is 0 Å². The molecule has 0 saturated carbocycles. The molecule has 0 spiro atoms. The number of anilines is 1. The van der Waals surface area contributed by atoms with Gasteiger partial charge in [-0.15, -0.1) is 0 Å². The van der Waals surface area contributed by atoms with Crippen LogP contribution in [0.2, 0.25) is 0 Å². The SMILES string of the molecule is CCCCN(CCCC)c1nc(CO)cc2ccccc12. The Labute approximate surface area is 127 Å². The van der Waals surface area contributed by atoms with Crippen molar-refractivity contribution in [1.82, 2.24) is 4.98 Å². The number of rotatable bonds is 8. The first kappa shape index (κ1) is 15.8. The fraction of sp³-hybridized carbons (Fsp3) is 0.500. The van der Waals surface area contributed by atoms with E-state index in [0.29, 0.717) is 0 Å². The Morgan fingerprint density at radius 1 is 1.05 bits per heavy atom. The predicted octanol–water partition coefficient (Wildman–Crippen LogP) is 4.13. The second-order valence-electron chi connectivity index (χ2n) is 5.51. The molecule has 0 amide bonds. The average molecular weight is 286 g/mol. The summed E-state index contributed by atoms with van der Waals surface area (Å²) in [5.41, 5.74) is 0.752. The fourth-order valence-electron chi connectivity index (χ4n) is 2.58. The van der Waals surface area contributed by atoms with Crippen LogP contribution in [0.5, 0.6) is 0 Å². The highest BCUT2D eigenvalue weighted by molar-refractivity contribution is 5.92. The van der Waals surface area contributed by atoms with Crippen LogP contribution in [0.3, 0.4) is 0 Å². The number of fused-ring (bicyclic) bond motifs is 1. The van der Waals surface area contributed by atoms with Crippen molar-refractivity contribution in [2.75, 3.05) is 18.0 Å². The molecule has 2 rings (SSSR count). The van der Waals surface area contributed by atoms with E-state index in [1.165, 1.54) is 31.1 Å². The van der Waals surface area contributed by atoms with E-state index in [0.717, 1.165) is 30.0 Å². The maximum absolute atomic E-state index is 9.47. The van der Waals surface area contributed by atoms with Crippen LogP contribution >= 0.6 is 0 Å². The van der Waals surface area contributed by atoms with E-state index >= 15 is 0 Å². The van der Waals surface area contributed by atoms with E-state index in [1.54, 1.807) is 0 Å². The Morgan fingerprint density at radius 2 is 1.71 bits per heavy atom. The van der Waals surface area contributed by atoms with E-state index in [1.807, 2.05) is 12.1 Å². The van der Waals surface area contributed by atoms with Gasteiger partial charge in [-0.1, -0.05) is 51.0 Å². The first-order valence-corrected chi connectivity index (χ1v) is 8.04. The topological polar surface area (TPSA) is 36.4 Å². The molecule has 1 aromatic heterocycles. The van der Waals surface area contributed by atoms with Crippen LogP contribution in [0.1, 0.15) is 45.2 Å². The molecule has 3 nitrogen and oxygen atoms in total. The number of hydrogen-bond donors (Lipinski definition) is 1. The molecule has 21 heavy (non-hydrogen) atoms. The molecule has 0 fully saturated rings. The van der Waals surface area contributed by atoms with Gasteiger partial charge in [0.15, 0.2) is 0 Å². The van der Waals surface area contributed by atoms with Crippen molar-refractivity contribution in [3.05, 3.63) is 36.0 Å². The Bertz CT molecular complexity index is 560. The van der Waals surface area contributed by atoms with Crippen LogP contribution in [-0.2, 0) is 6.61 Å². The molecule has 0 bridgehead atoms. The molecule has 0 aliphatic rings. The number of aliphatic hydroxyl groups excluding tert-OH is 1. The van der Waals surface area contributed by atoms with Gasteiger partial charge in [-0.2, -0.15) is 0 Å². The van der Waals surface area contributed by atoms with Crippen LogP contribution < -0.4 is 4.90 Å². The molecular formula is C18H26N2O. The number of aliphatic hydroxyl groups is 1. The Kier molecular flexibility index (Phi) is 6.00. The van der Waals surface area contributed by atoms with Crippen LogP contribution in [0.15, 0.2) is 30.3 Å². The predicted molar refractivity (Wildman–Crippen MR) is 89.7 cm³/mol. The lowest BCUT2D eigenvalue weighted by atomic mass is 10.1. The highest BCUT2D eigenvalue weighted by Gasteiger charge is 2.12. The second-order valence-corrected chi connectivity index (χ2v) is 5.51. The standard InChI is InChI=1S/C18H26N2O/c1-3-5-11-20(12-6-4-2)18-17-10-8-7-9-15(17)13-16(14-21)19-18/h7-10,13,21H,3-6,11-12,14H2,1-2H3. The van der Waals surface area contributed by atoms with Crippen molar-refractivity contribution < 1.29 is 5.11 Å². The third kappa shape index (κ3) is 3.94. The molecule has 0 radical (unpaired) electrons. The molecule has 0 saturated heterocycles. The minimum absolute atomic E-state index is 0.00672. The van der Waals surface area contributed by atoms with Crippen molar-refractivity contribution >= 4 is 16.6 Å². The minimum Gasteiger partial charge on any atom is -0.390 e. The summed E-state index contributed by atoms with van der Waals surface area (Å²) in [6, 6.07) is 10.3. The lowest BCUT2D eigenvalue weighted by Crippen LogP contribution is -2.27. The zero-order chi connectivity index (χ0) is 15.1. The minimum atomic E-state index is -0.00672. The summed E-state index contributed by atoms with van der Waals surface area (Å²) in [4.78, 5) is 7.08. The Hall–Kier alpha value is -1.61. The van der Waals surface area contributed by atoms with Gasteiger partial charge in [0, 0.05) is 18.5 Å². The van der Waals surface area contributed by atoms with Gasteiger partial charge in [0.25, 0.3) is 0 Å². The first-order valence-electron chi connectivity index (χ1n) is 8.04. The number of unbranched alkanes of at least 4 members (excludes halogenated alkanes) is 2. The summed E-state index contributed by atoms with van der Waals surface area (Å²) >= 11 is 0. The lowest BCUT2D eigenvalue weighted by molar-refractivity contribution is 0.277. The summed E-state index contributed by atoms with van der Waals surface area (Å²) < 4.78 is 0. The number of pyridine rings is 1. The molecule has 114 valence electrons. The molecule has 0 aliphatic carbocycles. The zero-order valence-electron chi connectivity index (χ0n) is 13.2. The van der Waals surface area contributed by atoms with Crippen molar-refractivity contribution in [2.45, 2.75) is 46.1 Å². The van der Waals surface area contributed by atoms with Gasteiger partial charge in [0.05, 0.1) is 12.3 Å². The Balaban J connectivity index is 2.43. The van der Waals surface area contributed by atoms with Gasteiger partial charge in [-0.25, -0.2) is 4.98 Å². The molecule has 1 N–H and O–H groups in total. The summed E-state index contributed by atoms with van der Waals surface area (Å²) in [6.45, 7) is 6.49. The quantitative estimate of drug-likeness (QED) is 0.792. The molecule has 0 unspecified atom stereocenters. The molecule has 3 heteroatoms. The summed E-state index contributed by atoms with van der Waals surface area (Å²) in [6.07, 6.45) is 4.70. The molecule has 0 aliphatic heterocycles. The van der Waals surface area contributed by atoms with Crippen molar-refractivity contribution in [2.24, 2.45) is 0 Å². The average Bonchev–Trinajstić information content (AvgIpc) is 2.54. The van der Waals surface area contributed by atoms with Crippen LogP contribution in [-0.4, -0.2) is 23.2 Å². The smallest absolute Gasteiger partial charge is 0.136 e. The third-order valence-corrected chi connectivity index (χ3v) is 3.80. The molecule has 2 aromatic rings. The lowest BCUT2D eigenvalue weighted by Gasteiger charge is -2.25. The van der Waals surface area contributed by atoms with Gasteiger partial charge >= 0.3 is 0 Å². The monoisotopic (exact) mass is 286 g/mol. The van der Waals surface area contributed by atoms with E-state index in [2.05, 4.69) is 36.9 Å². The van der Waals surface area contributed by atoms with E-state index in [9.17, 15) is 5.11 Å². The first-order chi connectivity index (χ1) is 10.3. The number of aromatic nitrogens is 1. The van der Waals surface area contributed by atoms with E-state index in [-0.39, 0.29) is 6.61 Å². The van der Waals surface area contributed by atoms with Gasteiger partial charge in [-0.3, -0.25) is 0 Å². The van der Waals surface area contributed by atoms with E-state index < -0.39 is 0 Å². The van der Waals surface area contributed by atoms with Gasteiger partial charge in [-0.05, 0) is 24.3 Å². The maximum atomic E-state index is 9.47. The number of benzene rings is 1. The summed E-state index contributed by atoms with van der Waals surface area (Å²) in [7, 11) is 0. The zero-order valence-corrected chi connectivity index (χ0v) is 13.2. The highest BCUT2D eigenvalue weighted by atomic mass is 16.3. The normalized spacial score (nSPS) is 11.0. The summed E-state index contributed by atoms with van der Waals surface area (Å²) in [5.74, 6) is 1.03. The van der Waals surface area contributed by atoms with Crippen molar-refractivity contribution in [3.8, 4) is 0 Å². The Morgan fingerprint density at radius 3 is 2.33 bits per heavy atom. The maximum Gasteiger partial charge on any atom is 0.136 e. The van der Waals surface area contributed by atoms with Crippen LogP contribution in [0.4, 0.5) is 5.82 Å². The summed E-state index contributed by atoms with van der Waals surface area (Å²) in [5, 5.41) is 11.8. The number of hydrogen-bond acceptors (Lipinski definition) is 3. The number of nitrogens with zero attached hydrogens (tertiary/aromatic N) is 2. The van der Waals surface area contributed by atoms with Crippen molar-refractivity contribution in [3.63, 3.8) is 0 Å². The largest absolute Gasteiger partial charge is 0.390 e. The fourth-order valence-corrected chi connectivity index (χ4v) is 2.58. The van der Waals surface area contributed by atoms with Gasteiger partial charge in [0.1, 0.15) is 5.82 Å². The van der Waals surface area contributed by atoms with E-state index in [4.69, 9.17) is 4.98 Å². The molecule has 0 atom stereocenters. The molecular weight excluding hydrogens is 260 g/mol. The second kappa shape index (κ2) is 7.99. The highest BCUT2D eigenvalue weighted by Crippen LogP contribution is 2.26. The molecule has 1 aromatic carbocycles. The van der Waals surface area contributed by atoms with Crippen LogP contribution in [0, 0.1) is 0 Å². The van der Waals surface area contributed by atoms with Crippen LogP contribution in [0.25, 0.3) is 10.8 Å². The van der Waals surface area contributed by atoms with Crippen molar-refractivity contribution in [1.29, 1.82) is 0 Å². The third-order valence-electron chi connectivity index (χ3n) is 3.80.